The molecule has 0 aliphatic carbocycles. The summed E-state index contributed by atoms with van der Waals surface area (Å²) in [6, 6.07) is 12.1. The molecule has 0 bridgehead atoms. The van der Waals surface area contributed by atoms with Gasteiger partial charge in [0.2, 0.25) is 0 Å². The van der Waals surface area contributed by atoms with E-state index in [4.69, 9.17) is 4.74 Å². The summed E-state index contributed by atoms with van der Waals surface area (Å²) in [7, 11) is 1.95. The Morgan fingerprint density at radius 2 is 1.85 bits per heavy atom. The van der Waals surface area contributed by atoms with E-state index in [0.717, 1.165) is 27.1 Å². The molecule has 2 aromatic carbocycles. The minimum absolute atomic E-state index is 0.253. The van der Waals surface area contributed by atoms with Crippen LogP contribution in [-0.2, 0) is 10.0 Å². The number of nitrogens with zero attached hydrogens (tertiary/aromatic N) is 2. The van der Waals surface area contributed by atoms with Crippen molar-refractivity contribution in [3.05, 3.63) is 53.1 Å². The molecule has 0 spiro atoms. The van der Waals surface area contributed by atoms with E-state index < -0.39 is 10.0 Å². The van der Waals surface area contributed by atoms with Crippen LogP contribution in [0.3, 0.4) is 0 Å². The molecule has 0 amide bonds. The molecular formula is C19H21BrN2O3S2. The van der Waals surface area contributed by atoms with Gasteiger partial charge in [-0.1, -0.05) is 15.9 Å². The average molecular weight is 469 g/mol. The third-order valence-corrected chi connectivity index (χ3v) is 7.35. The zero-order valence-corrected chi connectivity index (χ0v) is 18.6. The van der Waals surface area contributed by atoms with Crippen molar-refractivity contribution in [3.63, 3.8) is 0 Å². The van der Waals surface area contributed by atoms with Crippen molar-refractivity contribution in [1.82, 2.24) is 8.87 Å². The van der Waals surface area contributed by atoms with Gasteiger partial charge < -0.3 is 9.64 Å². The van der Waals surface area contributed by atoms with Crippen molar-refractivity contribution in [2.75, 3.05) is 33.5 Å². The van der Waals surface area contributed by atoms with Crippen molar-refractivity contribution < 1.29 is 13.2 Å². The summed E-state index contributed by atoms with van der Waals surface area (Å²) in [5.74, 6) is 1.57. The molecule has 0 N–H and O–H groups in total. The molecule has 0 aliphatic rings. The van der Waals surface area contributed by atoms with Crippen LogP contribution in [0.1, 0.15) is 0 Å². The lowest BCUT2D eigenvalue weighted by Gasteiger charge is -2.08. The van der Waals surface area contributed by atoms with Crippen LogP contribution in [0.5, 0.6) is 5.75 Å². The lowest BCUT2D eigenvalue weighted by Crippen LogP contribution is -2.14. The van der Waals surface area contributed by atoms with Gasteiger partial charge in [-0.2, -0.15) is 0 Å². The highest BCUT2D eigenvalue weighted by atomic mass is 79.9. The predicted molar refractivity (Wildman–Crippen MR) is 114 cm³/mol. The van der Waals surface area contributed by atoms with Crippen molar-refractivity contribution in [2.24, 2.45) is 0 Å². The first-order chi connectivity index (χ1) is 12.8. The topological polar surface area (TPSA) is 51.5 Å². The second-order valence-electron chi connectivity index (χ2n) is 6.28. The summed E-state index contributed by atoms with van der Waals surface area (Å²) < 4.78 is 33.9. The molecule has 1 aromatic heterocycles. The lowest BCUT2D eigenvalue weighted by atomic mass is 10.2. The number of aromatic nitrogens is 1. The molecule has 0 saturated heterocycles. The number of hydrogen-bond donors (Lipinski definition) is 0. The van der Waals surface area contributed by atoms with Crippen LogP contribution in [0.2, 0.25) is 0 Å². The minimum Gasteiger partial charge on any atom is -0.497 e. The van der Waals surface area contributed by atoms with Gasteiger partial charge in [0.15, 0.2) is 0 Å². The zero-order valence-electron chi connectivity index (χ0n) is 15.3. The Kier molecular flexibility index (Phi) is 6.20. The molecular weight excluding hydrogens is 448 g/mol. The largest absolute Gasteiger partial charge is 0.497 e. The van der Waals surface area contributed by atoms with Crippen molar-refractivity contribution in [1.29, 1.82) is 0 Å². The van der Waals surface area contributed by atoms with Crippen molar-refractivity contribution in [2.45, 2.75) is 9.79 Å². The van der Waals surface area contributed by atoms with Crippen LogP contribution in [0, 0.1) is 0 Å². The van der Waals surface area contributed by atoms with Gasteiger partial charge in [-0.25, -0.2) is 12.4 Å². The van der Waals surface area contributed by atoms with E-state index in [9.17, 15) is 8.42 Å². The second-order valence-corrected chi connectivity index (χ2v) is 10.2. The summed E-state index contributed by atoms with van der Waals surface area (Å²) in [5.41, 5.74) is 0.645. The molecule has 8 heteroatoms. The second kappa shape index (κ2) is 8.26. The maximum Gasteiger partial charge on any atom is 0.268 e. The van der Waals surface area contributed by atoms with Gasteiger partial charge in [0, 0.05) is 33.2 Å². The van der Waals surface area contributed by atoms with Gasteiger partial charge in [0.25, 0.3) is 10.0 Å². The number of methoxy groups -OCH3 is 1. The fourth-order valence-corrected chi connectivity index (χ4v) is 5.53. The molecule has 3 rings (SSSR count). The first-order valence-corrected chi connectivity index (χ1v) is 11.5. The Morgan fingerprint density at radius 1 is 1.15 bits per heavy atom. The van der Waals surface area contributed by atoms with Crippen LogP contribution in [0.4, 0.5) is 0 Å². The third-order valence-electron chi connectivity index (χ3n) is 4.11. The molecule has 27 heavy (non-hydrogen) atoms. The SMILES string of the molecule is COc1ccc2c(c1)c(SCCN(C)C)cn2S(=O)(=O)c1ccc(Br)cc1. The van der Waals surface area contributed by atoms with Crippen LogP contribution >= 0.6 is 27.7 Å². The van der Waals surface area contributed by atoms with Crippen LogP contribution in [-0.4, -0.2) is 50.8 Å². The Labute approximate surface area is 172 Å². The van der Waals surface area contributed by atoms with E-state index in [1.54, 1.807) is 61.5 Å². The highest BCUT2D eigenvalue weighted by Crippen LogP contribution is 2.34. The quantitative estimate of drug-likeness (QED) is 0.483. The average Bonchev–Trinajstić information content (AvgIpc) is 3.00. The van der Waals surface area contributed by atoms with Crippen molar-refractivity contribution in [3.8, 4) is 5.75 Å². The third kappa shape index (κ3) is 4.34. The Bertz CT molecular complexity index is 1040. The van der Waals surface area contributed by atoms with Gasteiger partial charge in [0.05, 0.1) is 17.5 Å². The normalized spacial score (nSPS) is 12.0. The summed E-state index contributed by atoms with van der Waals surface area (Å²) in [4.78, 5) is 3.28. The molecule has 0 fully saturated rings. The number of thioether (sulfide) groups is 1. The Balaban J connectivity index is 2.10. The first kappa shape index (κ1) is 20.3. The molecule has 0 atom stereocenters. The molecule has 0 unspecified atom stereocenters. The van der Waals surface area contributed by atoms with Gasteiger partial charge in [-0.3, -0.25) is 0 Å². The summed E-state index contributed by atoms with van der Waals surface area (Å²) in [5, 5.41) is 0.874. The standard InChI is InChI=1S/C19H21BrN2O3S2/c1-21(2)10-11-26-19-13-22(18-9-6-15(25-3)12-17(18)19)27(23,24)16-7-4-14(20)5-8-16/h4-9,12-13H,10-11H2,1-3H3. The number of hydrogen-bond acceptors (Lipinski definition) is 5. The van der Waals surface area contributed by atoms with Crippen LogP contribution < -0.4 is 4.74 Å². The molecule has 1 heterocycles. The molecule has 5 nitrogen and oxygen atoms in total. The maximum atomic E-state index is 13.2. The number of fused-ring (bicyclic) bond motifs is 1. The molecule has 144 valence electrons. The van der Waals surface area contributed by atoms with Gasteiger partial charge >= 0.3 is 0 Å². The smallest absolute Gasteiger partial charge is 0.268 e. The minimum atomic E-state index is -3.69. The molecule has 0 saturated carbocycles. The molecule has 0 radical (unpaired) electrons. The maximum absolute atomic E-state index is 13.2. The van der Waals surface area contributed by atoms with Gasteiger partial charge in [-0.15, -0.1) is 11.8 Å². The highest BCUT2D eigenvalue weighted by Gasteiger charge is 2.22. The molecule has 3 aromatic rings. The fourth-order valence-electron chi connectivity index (χ4n) is 2.65. The number of benzene rings is 2. The number of ether oxygens (including phenoxy) is 1. The van der Waals surface area contributed by atoms with Gasteiger partial charge in [0.1, 0.15) is 5.75 Å². The first-order valence-electron chi connectivity index (χ1n) is 8.30. The Hall–Kier alpha value is -1.48. The van der Waals surface area contributed by atoms with Crippen LogP contribution in [0.25, 0.3) is 10.9 Å². The van der Waals surface area contributed by atoms with E-state index in [1.165, 1.54) is 3.97 Å². The monoisotopic (exact) mass is 468 g/mol. The number of halogens is 1. The summed E-state index contributed by atoms with van der Waals surface area (Å²) >= 11 is 4.99. The van der Waals surface area contributed by atoms with E-state index in [2.05, 4.69) is 20.8 Å². The van der Waals surface area contributed by atoms with Gasteiger partial charge in [-0.05, 0) is 56.6 Å². The van der Waals surface area contributed by atoms with E-state index in [-0.39, 0.29) is 4.90 Å². The predicted octanol–water partition coefficient (Wildman–Crippen LogP) is 4.30. The van der Waals surface area contributed by atoms with E-state index in [1.807, 2.05) is 20.2 Å². The highest BCUT2D eigenvalue weighted by molar-refractivity contribution is 9.10. The fraction of sp³-hybridized carbons (Fsp3) is 0.263. The summed E-state index contributed by atoms with van der Waals surface area (Å²) in [6.07, 6.45) is 1.71. The Morgan fingerprint density at radius 3 is 2.48 bits per heavy atom. The van der Waals surface area contributed by atoms with E-state index >= 15 is 0 Å². The summed E-state index contributed by atoms with van der Waals surface area (Å²) in [6.45, 7) is 0.904. The van der Waals surface area contributed by atoms with Crippen LogP contribution in [0.15, 0.2) is 62.9 Å². The lowest BCUT2D eigenvalue weighted by molar-refractivity contribution is 0.415. The zero-order chi connectivity index (χ0) is 19.6. The van der Waals surface area contributed by atoms with Crippen molar-refractivity contribution >= 4 is 48.6 Å². The molecule has 0 aliphatic heterocycles. The van der Waals surface area contributed by atoms with E-state index in [0.29, 0.717) is 11.3 Å². The number of rotatable bonds is 7.